The number of aliphatic hydroxyl groups excluding tert-OH is 1. The van der Waals surface area contributed by atoms with Gasteiger partial charge in [0, 0.05) is 24.7 Å². The van der Waals surface area contributed by atoms with Gasteiger partial charge in [0.05, 0.1) is 11.5 Å². The Kier molecular flexibility index (Phi) is 3.71. The third kappa shape index (κ3) is 2.81. The van der Waals surface area contributed by atoms with Crippen molar-refractivity contribution in [3.05, 3.63) is 39.9 Å². The quantitative estimate of drug-likeness (QED) is 0.636. The van der Waals surface area contributed by atoms with Gasteiger partial charge in [0.15, 0.2) is 0 Å². The zero-order valence-corrected chi connectivity index (χ0v) is 9.58. The predicted molar refractivity (Wildman–Crippen MR) is 63.6 cm³/mol. The molecular weight excluding hydrogens is 220 g/mol. The van der Waals surface area contributed by atoms with Crippen molar-refractivity contribution in [1.29, 1.82) is 0 Å². The van der Waals surface area contributed by atoms with Gasteiger partial charge in [0.2, 0.25) is 0 Å². The van der Waals surface area contributed by atoms with Crippen LogP contribution in [0.5, 0.6) is 0 Å². The lowest BCUT2D eigenvalue weighted by molar-refractivity contribution is -0.384. The molecule has 0 spiro atoms. The molecule has 1 fully saturated rings. The molecule has 1 aromatic carbocycles. The number of benzene rings is 1. The van der Waals surface area contributed by atoms with Crippen molar-refractivity contribution in [3.8, 4) is 0 Å². The van der Waals surface area contributed by atoms with Crippen molar-refractivity contribution in [2.24, 2.45) is 0 Å². The standard InChI is InChI=1S/C12H16N2O3/c15-9-12-2-1-7-13(12)8-10-3-5-11(6-4-10)14(16)17/h3-6,12,15H,1-2,7-9H2/t12-/m0/s1. The van der Waals surface area contributed by atoms with Crippen LogP contribution in [-0.2, 0) is 6.54 Å². The van der Waals surface area contributed by atoms with Crippen LogP contribution in [0.3, 0.4) is 0 Å². The summed E-state index contributed by atoms with van der Waals surface area (Å²) in [5, 5.41) is 19.7. The summed E-state index contributed by atoms with van der Waals surface area (Å²) in [4.78, 5) is 12.3. The Morgan fingerprint density at radius 1 is 1.41 bits per heavy atom. The van der Waals surface area contributed by atoms with Crippen molar-refractivity contribution >= 4 is 5.69 Å². The number of nitrogens with zero attached hydrogens (tertiary/aromatic N) is 2. The van der Waals surface area contributed by atoms with Gasteiger partial charge >= 0.3 is 0 Å². The van der Waals surface area contributed by atoms with E-state index in [-0.39, 0.29) is 18.3 Å². The van der Waals surface area contributed by atoms with Crippen LogP contribution < -0.4 is 0 Å². The molecule has 5 heteroatoms. The summed E-state index contributed by atoms with van der Waals surface area (Å²) in [7, 11) is 0. The van der Waals surface area contributed by atoms with Crippen LogP contribution in [-0.4, -0.2) is 34.1 Å². The summed E-state index contributed by atoms with van der Waals surface area (Å²) in [6.07, 6.45) is 2.14. The molecular formula is C12H16N2O3. The van der Waals surface area contributed by atoms with Crippen LogP contribution in [0, 0.1) is 10.1 Å². The molecule has 5 nitrogen and oxygen atoms in total. The molecule has 1 N–H and O–H groups in total. The van der Waals surface area contributed by atoms with Gasteiger partial charge in [0.25, 0.3) is 5.69 Å². The number of nitro groups is 1. The van der Waals surface area contributed by atoms with E-state index in [0.717, 1.165) is 31.5 Å². The molecule has 0 aromatic heterocycles. The Labute approximate surface area is 99.8 Å². The minimum absolute atomic E-state index is 0.119. The maximum absolute atomic E-state index is 10.5. The number of non-ortho nitro benzene ring substituents is 1. The maximum Gasteiger partial charge on any atom is 0.269 e. The molecule has 0 bridgehead atoms. The van der Waals surface area contributed by atoms with Gasteiger partial charge in [-0.1, -0.05) is 12.1 Å². The molecule has 1 heterocycles. The Balaban J connectivity index is 2.01. The van der Waals surface area contributed by atoms with Crippen LogP contribution in [0.4, 0.5) is 5.69 Å². The lowest BCUT2D eigenvalue weighted by Crippen LogP contribution is -2.31. The van der Waals surface area contributed by atoms with E-state index in [9.17, 15) is 15.2 Å². The molecule has 0 radical (unpaired) electrons. The average molecular weight is 236 g/mol. The fourth-order valence-electron chi connectivity index (χ4n) is 2.27. The van der Waals surface area contributed by atoms with Crippen LogP contribution >= 0.6 is 0 Å². The number of aliphatic hydroxyl groups is 1. The highest BCUT2D eigenvalue weighted by molar-refractivity contribution is 5.32. The molecule has 0 amide bonds. The van der Waals surface area contributed by atoms with E-state index in [4.69, 9.17) is 0 Å². The number of rotatable bonds is 4. The minimum atomic E-state index is -0.393. The van der Waals surface area contributed by atoms with E-state index in [0.29, 0.717) is 0 Å². The third-order valence-corrected chi connectivity index (χ3v) is 3.24. The summed E-state index contributed by atoms with van der Waals surface area (Å²) in [6, 6.07) is 6.86. The van der Waals surface area contributed by atoms with Crippen LogP contribution in [0.15, 0.2) is 24.3 Å². The third-order valence-electron chi connectivity index (χ3n) is 3.24. The van der Waals surface area contributed by atoms with Crippen molar-refractivity contribution in [1.82, 2.24) is 4.90 Å². The van der Waals surface area contributed by atoms with Gasteiger partial charge < -0.3 is 5.11 Å². The summed E-state index contributed by atoms with van der Waals surface area (Å²) in [5.74, 6) is 0. The summed E-state index contributed by atoms with van der Waals surface area (Å²) in [5.41, 5.74) is 1.17. The Hall–Kier alpha value is -1.46. The second-order valence-corrected chi connectivity index (χ2v) is 4.37. The highest BCUT2D eigenvalue weighted by atomic mass is 16.6. The average Bonchev–Trinajstić information content (AvgIpc) is 2.77. The van der Waals surface area contributed by atoms with E-state index in [2.05, 4.69) is 4.90 Å². The molecule has 1 atom stereocenters. The second kappa shape index (κ2) is 5.25. The smallest absolute Gasteiger partial charge is 0.269 e. The highest BCUT2D eigenvalue weighted by Crippen LogP contribution is 2.20. The van der Waals surface area contributed by atoms with Gasteiger partial charge in [-0.3, -0.25) is 15.0 Å². The molecule has 2 rings (SSSR count). The van der Waals surface area contributed by atoms with E-state index in [1.807, 2.05) is 0 Å². The normalized spacial score (nSPS) is 20.6. The molecule has 1 aliphatic rings. The second-order valence-electron chi connectivity index (χ2n) is 4.37. The fourth-order valence-corrected chi connectivity index (χ4v) is 2.27. The first-order valence-corrected chi connectivity index (χ1v) is 5.79. The van der Waals surface area contributed by atoms with Crippen LogP contribution in [0.1, 0.15) is 18.4 Å². The van der Waals surface area contributed by atoms with Gasteiger partial charge in [-0.15, -0.1) is 0 Å². The van der Waals surface area contributed by atoms with Gasteiger partial charge in [0.1, 0.15) is 0 Å². The highest BCUT2D eigenvalue weighted by Gasteiger charge is 2.23. The summed E-state index contributed by atoms with van der Waals surface area (Å²) < 4.78 is 0. The van der Waals surface area contributed by atoms with Gasteiger partial charge in [-0.05, 0) is 24.9 Å². The number of likely N-dealkylation sites (tertiary alicyclic amines) is 1. The first-order chi connectivity index (χ1) is 8.20. The molecule has 1 aromatic rings. The fraction of sp³-hybridized carbons (Fsp3) is 0.500. The predicted octanol–water partition coefficient (Wildman–Crippen LogP) is 1.55. The van der Waals surface area contributed by atoms with E-state index >= 15 is 0 Å². The van der Waals surface area contributed by atoms with Gasteiger partial charge in [-0.2, -0.15) is 0 Å². The Morgan fingerprint density at radius 3 is 2.71 bits per heavy atom. The topological polar surface area (TPSA) is 66.6 Å². The first kappa shape index (κ1) is 12.0. The van der Waals surface area contributed by atoms with Crippen molar-refractivity contribution in [2.75, 3.05) is 13.2 Å². The van der Waals surface area contributed by atoms with Crippen molar-refractivity contribution < 1.29 is 10.0 Å². The summed E-state index contributed by atoms with van der Waals surface area (Å²) in [6.45, 7) is 1.93. The molecule has 92 valence electrons. The number of nitro benzene ring substituents is 1. The van der Waals surface area contributed by atoms with Crippen molar-refractivity contribution in [3.63, 3.8) is 0 Å². The SMILES string of the molecule is O=[N+]([O-])c1ccc(CN2CCC[C@H]2CO)cc1. The Bertz CT molecular complexity index is 391. The molecule has 0 unspecified atom stereocenters. The van der Waals surface area contributed by atoms with E-state index < -0.39 is 4.92 Å². The molecule has 0 saturated carbocycles. The van der Waals surface area contributed by atoms with Crippen molar-refractivity contribution in [2.45, 2.75) is 25.4 Å². The lowest BCUT2D eigenvalue weighted by Gasteiger charge is -2.22. The summed E-state index contributed by atoms with van der Waals surface area (Å²) >= 11 is 0. The number of hydrogen-bond donors (Lipinski definition) is 1. The zero-order valence-electron chi connectivity index (χ0n) is 9.58. The van der Waals surface area contributed by atoms with Gasteiger partial charge in [-0.25, -0.2) is 0 Å². The van der Waals surface area contributed by atoms with Crippen LogP contribution in [0.2, 0.25) is 0 Å². The lowest BCUT2D eigenvalue weighted by atomic mass is 10.2. The number of hydrogen-bond acceptors (Lipinski definition) is 4. The maximum atomic E-state index is 10.5. The first-order valence-electron chi connectivity index (χ1n) is 5.79. The van der Waals surface area contributed by atoms with Crippen LogP contribution in [0.25, 0.3) is 0 Å². The molecule has 1 aliphatic heterocycles. The zero-order chi connectivity index (χ0) is 12.3. The Morgan fingerprint density at radius 2 is 2.12 bits per heavy atom. The molecule has 1 saturated heterocycles. The monoisotopic (exact) mass is 236 g/mol. The minimum Gasteiger partial charge on any atom is -0.395 e. The van der Waals surface area contributed by atoms with E-state index in [1.165, 1.54) is 12.1 Å². The largest absolute Gasteiger partial charge is 0.395 e. The molecule has 0 aliphatic carbocycles. The molecule has 17 heavy (non-hydrogen) atoms. The van der Waals surface area contributed by atoms with E-state index in [1.54, 1.807) is 12.1 Å².